The van der Waals surface area contributed by atoms with Crippen LogP contribution in [0.25, 0.3) is 10.6 Å². The summed E-state index contributed by atoms with van der Waals surface area (Å²) in [5, 5.41) is 10.1. The highest BCUT2D eigenvalue weighted by Crippen LogP contribution is 2.34. The molecule has 29 heavy (non-hydrogen) atoms. The van der Waals surface area contributed by atoms with Crippen molar-refractivity contribution in [3.63, 3.8) is 0 Å². The Labute approximate surface area is 173 Å². The van der Waals surface area contributed by atoms with Crippen LogP contribution in [0, 0.1) is 0 Å². The van der Waals surface area contributed by atoms with Crippen LogP contribution in [0.3, 0.4) is 0 Å². The van der Waals surface area contributed by atoms with Crippen molar-refractivity contribution in [1.82, 2.24) is 14.8 Å². The number of amides is 1. The second-order valence-electron chi connectivity index (χ2n) is 7.04. The van der Waals surface area contributed by atoms with Gasteiger partial charge in [0.15, 0.2) is 11.5 Å². The predicted octanol–water partition coefficient (Wildman–Crippen LogP) is 4.32. The quantitative estimate of drug-likeness (QED) is 0.625. The van der Waals surface area contributed by atoms with Gasteiger partial charge in [0.05, 0.1) is 38.6 Å². The maximum Gasteiger partial charge on any atom is 0.231 e. The molecule has 0 unspecified atom stereocenters. The molecule has 7 nitrogen and oxygen atoms in total. The average molecular weight is 413 g/mol. The molecule has 1 aliphatic rings. The van der Waals surface area contributed by atoms with E-state index in [9.17, 15) is 4.79 Å². The summed E-state index contributed by atoms with van der Waals surface area (Å²) >= 11 is 1.50. The molecule has 1 N–H and O–H groups in total. The fraction of sp³-hybridized carbons (Fsp3) is 0.381. The molecule has 4 rings (SSSR count). The van der Waals surface area contributed by atoms with Gasteiger partial charge in [-0.15, -0.1) is 11.3 Å². The molecule has 2 heterocycles. The average Bonchev–Trinajstić information content (AvgIpc) is 3.49. The third-order valence-corrected chi connectivity index (χ3v) is 6.07. The van der Waals surface area contributed by atoms with E-state index < -0.39 is 0 Å². The standard InChI is InChI=1S/C21H24N4O3S/c1-27-17-8-7-14(11-18(17)28-2)21-23-15(13-29-21)12-20(26)24-19-9-10-22-25(19)16-5-3-4-6-16/h7-11,13,16H,3-6,12H2,1-2H3,(H,24,26). The van der Waals surface area contributed by atoms with Crippen molar-refractivity contribution in [3.8, 4) is 22.1 Å². The zero-order valence-electron chi connectivity index (χ0n) is 16.6. The highest BCUT2D eigenvalue weighted by atomic mass is 32.1. The molecule has 0 radical (unpaired) electrons. The molecule has 1 amide bonds. The number of nitrogens with zero attached hydrogens (tertiary/aromatic N) is 3. The maximum absolute atomic E-state index is 12.6. The molecular weight excluding hydrogens is 388 g/mol. The van der Waals surface area contributed by atoms with Crippen LogP contribution in [0.5, 0.6) is 11.5 Å². The highest BCUT2D eigenvalue weighted by Gasteiger charge is 2.21. The number of carbonyl (C=O) groups is 1. The van der Waals surface area contributed by atoms with Crippen LogP contribution in [-0.2, 0) is 11.2 Å². The van der Waals surface area contributed by atoms with Crippen molar-refractivity contribution in [3.05, 3.63) is 41.5 Å². The van der Waals surface area contributed by atoms with Crippen LogP contribution in [-0.4, -0.2) is 34.9 Å². The first kappa shape index (κ1) is 19.4. The number of carbonyl (C=O) groups excluding carboxylic acids is 1. The molecule has 3 aromatic rings. The topological polar surface area (TPSA) is 78.3 Å². The summed E-state index contributed by atoms with van der Waals surface area (Å²) in [6.45, 7) is 0. The molecule has 1 aliphatic carbocycles. The Hall–Kier alpha value is -2.87. The van der Waals surface area contributed by atoms with Crippen LogP contribution in [0.2, 0.25) is 0 Å². The van der Waals surface area contributed by atoms with Crippen LogP contribution in [0.1, 0.15) is 37.4 Å². The third kappa shape index (κ3) is 4.27. The van der Waals surface area contributed by atoms with Gasteiger partial charge in [0.1, 0.15) is 10.8 Å². The Kier molecular flexibility index (Phi) is 5.80. The smallest absolute Gasteiger partial charge is 0.231 e. The Morgan fingerprint density at radius 1 is 1.21 bits per heavy atom. The van der Waals surface area contributed by atoms with E-state index in [2.05, 4.69) is 15.4 Å². The Bertz CT molecular complexity index is 991. The SMILES string of the molecule is COc1ccc(-c2nc(CC(=O)Nc3ccnn3C3CCCC3)cs2)cc1OC. The van der Waals surface area contributed by atoms with Gasteiger partial charge in [-0.3, -0.25) is 4.79 Å². The van der Waals surface area contributed by atoms with E-state index in [0.717, 1.165) is 34.9 Å². The van der Waals surface area contributed by atoms with E-state index in [1.54, 1.807) is 20.4 Å². The second kappa shape index (κ2) is 8.65. The number of nitrogens with one attached hydrogen (secondary N) is 1. The minimum atomic E-state index is -0.0890. The molecule has 0 spiro atoms. The van der Waals surface area contributed by atoms with E-state index in [4.69, 9.17) is 9.47 Å². The lowest BCUT2D eigenvalue weighted by molar-refractivity contribution is -0.115. The van der Waals surface area contributed by atoms with Crippen molar-refractivity contribution in [2.45, 2.75) is 38.1 Å². The normalized spacial score (nSPS) is 14.1. The Balaban J connectivity index is 1.43. The number of rotatable bonds is 7. The summed E-state index contributed by atoms with van der Waals surface area (Å²) in [7, 11) is 3.21. The summed E-state index contributed by atoms with van der Waals surface area (Å²) < 4.78 is 12.6. The number of thiazole rings is 1. The van der Waals surface area contributed by atoms with E-state index in [0.29, 0.717) is 17.5 Å². The Morgan fingerprint density at radius 2 is 2.00 bits per heavy atom. The molecular formula is C21H24N4O3S. The van der Waals surface area contributed by atoms with Gasteiger partial charge in [-0.1, -0.05) is 12.8 Å². The van der Waals surface area contributed by atoms with E-state index in [-0.39, 0.29) is 12.3 Å². The first-order valence-electron chi connectivity index (χ1n) is 9.68. The lowest BCUT2D eigenvalue weighted by Crippen LogP contribution is -2.19. The fourth-order valence-corrected chi connectivity index (χ4v) is 4.51. The van der Waals surface area contributed by atoms with Gasteiger partial charge in [-0.05, 0) is 31.0 Å². The molecule has 0 aliphatic heterocycles. The van der Waals surface area contributed by atoms with E-state index in [1.807, 2.05) is 34.3 Å². The number of aromatic nitrogens is 3. The third-order valence-electron chi connectivity index (χ3n) is 5.13. The van der Waals surface area contributed by atoms with Gasteiger partial charge < -0.3 is 14.8 Å². The molecule has 1 saturated carbocycles. The molecule has 0 saturated heterocycles. The van der Waals surface area contributed by atoms with Gasteiger partial charge in [0.25, 0.3) is 0 Å². The summed E-state index contributed by atoms with van der Waals surface area (Å²) in [6.07, 6.45) is 6.63. The lowest BCUT2D eigenvalue weighted by Gasteiger charge is -2.14. The first-order valence-corrected chi connectivity index (χ1v) is 10.6. The van der Waals surface area contributed by atoms with Gasteiger partial charge in [0.2, 0.25) is 5.91 Å². The fourth-order valence-electron chi connectivity index (χ4n) is 3.69. The molecule has 1 aromatic carbocycles. The van der Waals surface area contributed by atoms with Crippen molar-refractivity contribution in [2.24, 2.45) is 0 Å². The van der Waals surface area contributed by atoms with Crippen LogP contribution < -0.4 is 14.8 Å². The van der Waals surface area contributed by atoms with Gasteiger partial charge in [-0.2, -0.15) is 5.10 Å². The summed E-state index contributed by atoms with van der Waals surface area (Å²) in [5.74, 6) is 2.00. The number of methoxy groups -OCH3 is 2. The zero-order chi connectivity index (χ0) is 20.2. The minimum Gasteiger partial charge on any atom is -0.493 e. The maximum atomic E-state index is 12.6. The predicted molar refractivity (Wildman–Crippen MR) is 113 cm³/mol. The molecule has 1 fully saturated rings. The lowest BCUT2D eigenvalue weighted by atomic mass is 10.2. The van der Waals surface area contributed by atoms with Gasteiger partial charge >= 0.3 is 0 Å². The minimum absolute atomic E-state index is 0.0890. The van der Waals surface area contributed by atoms with Gasteiger partial charge in [-0.25, -0.2) is 9.67 Å². The molecule has 0 atom stereocenters. The first-order chi connectivity index (χ1) is 14.2. The van der Waals surface area contributed by atoms with Gasteiger partial charge in [0, 0.05) is 17.0 Å². The van der Waals surface area contributed by atoms with E-state index in [1.165, 1.54) is 24.2 Å². The molecule has 8 heteroatoms. The van der Waals surface area contributed by atoms with Crippen LogP contribution >= 0.6 is 11.3 Å². The molecule has 152 valence electrons. The summed E-state index contributed by atoms with van der Waals surface area (Å²) in [4.78, 5) is 17.2. The number of anilines is 1. The summed E-state index contributed by atoms with van der Waals surface area (Å²) in [6, 6.07) is 7.92. The van der Waals surface area contributed by atoms with Crippen molar-refractivity contribution in [2.75, 3.05) is 19.5 Å². The van der Waals surface area contributed by atoms with Crippen molar-refractivity contribution >= 4 is 23.1 Å². The van der Waals surface area contributed by atoms with Crippen LogP contribution in [0.4, 0.5) is 5.82 Å². The molecule has 2 aromatic heterocycles. The molecule has 0 bridgehead atoms. The summed E-state index contributed by atoms with van der Waals surface area (Å²) in [5.41, 5.74) is 1.67. The number of hydrogen-bond donors (Lipinski definition) is 1. The van der Waals surface area contributed by atoms with Crippen molar-refractivity contribution < 1.29 is 14.3 Å². The number of hydrogen-bond acceptors (Lipinski definition) is 6. The zero-order valence-corrected chi connectivity index (χ0v) is 17.4. The highest BCUT2D eigenvalue weighted by molar-refractivity contribution is 7.13. The number of ether oxygens (including phenoxy) is 2. The largest absolute Gasteiger partial charge is 0.493 e. The monoisotopic (exact) mass is 412 g/mol. The Morgan fingerprint density at radius 3 is 2.76 bits per heavy atom. The van der Waals surface area contributed by atoms with Crippen LogP contribution in [0.15, 0.2) is 35.8 Å². The van der Waals surface area contributed by atoms with E-state index >= 15 is 0 Å². The van der Waals surface area contributed by atoms with Crippen molar-refractivity contribution in [1.29, 1.82) is 0 Å². The number of benzene rings is 1. The second-order valence-corrected chi connectivity index (χ2v) is 7.90.